The minimum Gasteiger partial charge on any atom is -0.508 e. The standard InChI is InChI=1S/C15H20BrNO2/c16-10-12-6-1-3-7-13(12)17-15(19)9-11-5-2-4-8-14(11)18/h2,4-5,8,12-13,18H,1,3,6-7,9-10H2,(H,17,19). The molecule has 1 aliphatic carbocycles. The van der Waals surface area contributed by atoms with Gasteiger partial charge in [-0.15, -0.1) is 0 Å². The van der Waals surface area contributed by atoms with Gasteiger partial charge >= 0.3 is 0 Å². The molecular weight excluding hydrogens is 306 g/mol. The summed E-state index contributed by atoms with van der Waals surface area (Å²) >= 11 is 3.53. The van der Waals surface area contributed by atoms with E-state index in [2.05, 4.69) is 21.2 Å². The molecule has 0 aliphatic heterocycles. The SMILES string of the molecule is O=C(Cc1ccccc1O)NC1CCCCC1CBr. The number of benzene rings is 1. The van der Waals surface area contributed by atoms with E-state index in [1.165, 1.54) is 19.3 Å². The summed E-state index contributed by atoms with van der Waals surface area (Å²) in [5.41, 5.74) is 0.686. The van der Waals surface area contributed by atoms with Crippen LogP contribution < -0.4 is 5.32 Å². The summed E-state index contributed by atoms with van der Waals surface area (Å²) in [5.74, 6) is 0.722. The number of halogens is 1. The summed E-state index contributed by atoms with van der Waals surface area (Å²) in [6.45, 7) is 0. The van der Waals surface area contributed by atoms with Crippen molar-refractivity contribution in [2.75, 3.05) is 5.33 Å². The number of hydrogen-bond acceptors (Lipinski definition) is 2. The van der Waals surface area contributed by atoms with Gasteiger partial charge in [-0.3, -0.25) is 4.79 Å². The number of hydrogen-bond donors (Lipinski definition) is 2. The number of nitrogens with one attached hydrogen (secondary N) is 1. The third-order valence-corrected chi connectivity index (χ3v) is 4.63. The molecule has 1 saturated carbocycles. The van der Waals surface area contributed by atoms with Gasteiger partial charge in [0.2, 0.25) is 5.91 Å². The fraction of sp³-hybridized carbons (Fsp3) is 0.533. The van der Waals surface area contributed by atoms with Crippen molar-refractivity contribution in [2.24, 2.45) is 5.92 Å². The summed E-state index contributed by atoms with van der Waals surface area (Å²) in [7, 11) is 0. The van der Waals surface area contributed by atoms with Gasteiger partial charge < -0.3 is 10.4 Å². The average molecular weight is 326 g/mol. The lowest BCUT2D eigenvalue weighted by Gasteiger charge is -2.31. The highest BCUT2D eigenvalue weighted by Crippen LogP contribution is 2.26. The van der Waals surface area contributed by atoms with Crippen molar-refractivity contribution in [3.8, 4) is 5.75 Å². The molecule has 2 atom stereocenters. The molecular formula is C15H20BrNO2. The Hall–Kier alpha value is -1.03. The zero-order valence-electron chi connectivity index (χ0n) is 10.9. The average Bonchev–Trinajstić information content (AvgIpc) is 2.42. The molecule has 0 bridgehead atoms. The van der Waals surface area contributed by atoms with Gasteiger partial charge in [0.25, 0.3) is 0 Å². The van der Waals surface area contributed by atoms with E-state index in [0.717, 1.165) is 11.8 Å². The summed E-state index contributed by atoms with van der Waals surface area (Å²) in [4.78, 5) is 12.1. The van der Waals surface area contributed by atoms with Gasteiger partial charge in [-0.2, -0.15) is 0 Å². The lowest BCUT2D eigenvalue weighted by Crippen LogP contribution is -2.43. The quantitative estimate of drug-likeness (QED) is 0.836. The van der Waals surface area contributed by atoms with Gasteiger partial charge in [-0.05, 0) is 24.8 Å². The Morgan fingerprint density at radius 3 is 2.79 bits per heavy atom. The van der Waals surface area contributed by atoms with E-state index in [1.807, 2.05) is 6.07 Å². The van der Waals surface area contributed by atoms with Crippen molar-refractivity contribution in [1.29, 1.82) is 0 Å². The second kappa shape index (κ2) is 6.94. The maximum Gasteiger partial charge on any atom is 0.224 e. The third kappa shape index (κ3) is 3.96. The summed E-state index contributed by atoms with van der Waals surface area (Å²) < 4.78 is 0. The Balaban J connectivity index is 1.92. The predicted octanol–water partition coefficient (Wildman–Crippen LogP) is 3.00. The highest BCUT2D eigenvalue weighted by molar-refractivity contribution is 9.09. The predicted molar refractivity (Wildman–Crippen MR) is 79.5 cm³/mol. The smallest absolute Gasteiger partial charge is 0.224 e. The molecule has 1 aliphatic rings. The van der Waals surface area contributed by atoms with E-state index in [4.69, 9.17) is 0 Å². The summed E-state index contributed by atoms with van der Waals surface area (Å²) in [6.07, 6.45) is 4.92. The normalized spacial score (nSPS) is 23.0. The zero-order chi connectivity index (χ0) is 13.7. The van der Waals surface area contributed by atoms with E-state index in [9.17, 15) is 9.90 Å². The molecule has 104 valence electrons. The van der Waals surface area contributed by atoms with Crippen LogP contribution in [0.4, 0.5) is 0 Å². The Bertz CT molecular complexity index is 436. The van der Waals surface area contributed by atoms with Gasteiger partial charge in [0.05, 0.1) is 6.42 Å². The van der Waals surface area contributed by atoms with Crippen LogP contribution in [-0.2, 0) is 11.2 Å². The zero-order valence-corrected chi connectivity index (χ0v) is 12.5. The molecule has 19 heavy (non-hydrogen) atoms. The first-order valence-electron chi connectivity index (χ1n) is 6.83. The van der Waals surface area contributed by atoms with Crippen molar-refractivity contribution in [2.45, 2.75) is 38.1 Å². The van der Waals surface area contributed by atoms with Crippen LogP contribution in [0.5, 0.6) is 5.75 Å². The van der Waals surface area contributed by atoms with Gasteiger partial charge in [0, 0.05) is 16.9 Å². The first-order chi connectivity index (χ1) is 9.20. The van der Waals surface area contributed by atoms with Crippen molar-refractivity contribution in [3.05, 3.63) is 29.8 Å². The van der Waals surface area contributed by atoms with Gasteiger partial charge in [0.15, 0.2) is 0 Å². The van der Waals surface area contributed by atoms with Crippen molar-refractivity contribution < 1.29 is 9.90 Å². The van der Waals surface area contributed by atoms with Crippen LogP contribution in [0, 0.1) is 5.92 Å². The minimum atomic E-state index is -0.000602. The molecule has 2 N–H and O–H groups in total. The van der Waals surface area contributed by atoms with Gasteiger partial charge in [-0.25, -0.2) is 0 Å². The molecule has 0 saturated heterocycles. The lowest BCUT2D eigenvalue weighted by atomic mass is 9.86. The molecule has 0 aromatic heterocycles. The molecule has 1 aromatic carbocycles. The van der Waals surface area contributed by atoms with E-state index in [0.29, 0.717) is 11.5 Å². The molecule has 2 unspecified atom stereocenters. The Morgan fingerprint density at radius 2 is 2.05 bits per heavy atom. The highest BCUT2D eigenvalue weighted by Gasteiger charge is 2.25. The Morgan fingerprint density at radius 1 is 1.32 bits per heavy atom. The first kappa shape index (κ1) is 14.4. The fourth-order valence-corrected chi connectivity index (χ4v) is 3.45. The first-order valence-corrected chi connectivity index (χ1v) is 7.95. The fourth-order valence-electron chi connectivity index (χ4n) is 2.67. The van der Waals surface area contributed by atoms with Crippen LogP contribution in [0.2, 0.25) is 0 Å². The number of carbonyl (C=O) groups is 1. The molecule has 2 rings (SSSR count). The van der Waals surface area contributed by atoms with Crippen molar-refractivity contribution in [3.63, 3.8) is 0 Å². The maximum atomic E-state index is 12.1. The Kier molecular flexibility index (Phi) is 5.25. The number of alkyl halides is 1. The number of rotatable bonds is 4. The molecule has 3 nitrogen and oxygen atoms in total. The van der Waals surface area contributed by atoms with Crippen LogP contribution in [0.3, 0.4) is 0 Å². The Labute approximate surface area is 122 Å². The number of para-hydroxylation sites is 1. The second-order valence-corrected chi connectivity index (χ2v) is 5.83. The number of phenols is 1. The van der Waals surface area contributed by atoms with Gasteiger partial charge in [0.1, 0.15) is 5.75 Å². The van der Waals surface area contributed by atoms with Crippen LogP contribution >= 0.6 is 15.9 Å². The third-order valence-electron chi connectivity index (χ3n) is 3.80. The van der Waals surface area contributed by atoms with Crippen LogP contribution in [-0.4, -0.2) is 22.4 Å². The van der Waals surface area contributed by atoms with E-state index in [1.54, 1.807) is 18.2 Å². The summed E-state index contributed by atoms with van der Waals surface area (Å²) in [5, 5.41) is 13.7. The highest BCUT2D eigenvalue weighted by atomic mass is 79.9. The van der Waals surface area contributed by atoms with Crippen LogP contribution in [0.1, 0.15) is 31.2 Å². The topological polar surface area (TPSA) is 49.3 Å². The molecule has 4 heteroatoms. The monoisotopic (exact) mass is 325 g/mol. The molecule has 0 spiro atoms. The number of amides is 1. The van der Waals surface area contributed by atoms with Crippen molar-refractivity contribution in [1.82, 2.24) is 5.32 Å². The number of phenolic OH excluding ortho intramolecular Hbond substituents is 1. The molecule has 1 fully saturated rings. The largest absolute Gasteiger partial charge is 0.508 e. The number of aromatic hydroxyl groups is 1. The number of carbonyl (C=O) groups excluding carboxylic acids is 1. The summed E-state index contributed by atoms with van der Waals surface area (Å²) in [6, 6.07) is 7.28. The van der Waals surface area contributed by atoms with Crippen LogP contribution in [0.25, 0.3) is 0 Å². The second-order valence-electron chi connectivity index (χ2n) is 5.18. The van der Waals surface area contributed by atoms with E-state index < -0.39 is 0 Å². The van der Waals surface area contributed by atoms with E-state index in [-0.39, 0.29) is 24.1 Å². The molecule has 0 radical (unpaired) electrons. The molecule has 1 aromatic rings. The van der Waals surface area contributed by atoms with Crippen molar-refractivity contribution >= 4 is 21.8 Å². The molecule has 0 heterocycles. The molecule has 1 amide bonds. The minimum absolute atomic E-state index is 0.000602. The van der Waals surface area contributed by atoms with Crippen LogP contribution in [0.15, 0.2) is 24.3 Å². The van der Waals surface area contributed by atoms with Gasteiger partial charge in [-0.1, -0.05) is 47.0 Å². The van der Waals surface area contributed by atoms with E-state index >= 15 is 0 Å². The maximum absolute atomic E-state index is 12.1. The lowest BCUT2D eigenvalue weighted by molar-refractivity contribution is -0.121.